The first-order valence-corrected chi connectivity index (χ1v) is 3.79. The maximum Gasteiger partial charge on any atom is 0.145 e. The molecule has 0 aromatic carbocycles. The zero-order chi connectivity index (χ0) is 7.40. The zero-order valence-corrected chi connectivity index (χ0v) is 6.39. The lowest BCUT2D eigenvalue weighted by atomic mass is 10.3. The van der Waals surface area contributed by atoms with Gasteiger partial charge in [0.15, 0.2) is 0 Å². The highest BCUT2D eigenvalue weighted by Gasteiger charge is 1.89. The van der Waals surface area contributed by atoms with E-state index in [2.05, 4.69) is 4.98 Å². The van der Waals surface area contributed by atoms with Crippen LogP contribution in [0.2, 0.25) is 0 Å². The number of rotatable bonds is 2. The summed E-state index contributed by atoms with van der Waals surface area (Å²) in [6.07, 6.45) is 2.57. The van der Waals surface area contributed by atoms with Crippen LogP contribution >= 0.6 is 11.3 Å². The van der Waals surface area contributed by atoms with E-state index in [1.807, 2.05) is 5.38 Å². The Hall–Kier alpha value is -0.960. The van der Waals surface area contributed by atoms with Crippen molar-refractivity contribution in [3.63, 3.8) is 0 Å². The molecule has 3 heteroatoms. The Bertz CT molecular complexity index is 238. The molecule has 1 aromatic heterocycles. The van der Waals surface area contributed by atoms with E-state index in [0.717, 1.165) is 12.0 Å². The van der Waals surface area contributed by atoms with E-state index >= 15 is 0 Å². The van der Waals surface area contributed by atoms with Gasteiger partial charge >= 0.3 is 0 Å². The third-order valence-corrected chi connectivity index (χ3v) is 1.62. The Morgan fingerprint density at radius 1 is 1.80 bits per heavy atom. The Kier molecular flexibility index (Phi) is 2.34. The number of thiazole rings is 1. The molecule has 0 saturated carbocycles. The van der Waals surface area contributed by atoms with Crippen molar-refractivity contribution in [2.45, 2.75) is 6.92 Å². The molecule has 0 bridgehead atoms. The van der Waals surface area contributed by atoms with Crippen LogP contribution in [0.4, 0.5) is 0 Å². The second-order valence-corrected chi connectivity index (χ2v) is 2.64. The molecule has 0 atom stereocenters. The smallest absolute Gasteiger partial charge is 0.145 e. The normalized spacial score (nSPS) is 11.5. The van der Waals surface area contributed by atoms with Crippen LogP contribution in [0.25, 0.3) is 6.08 Å². The molecule has 1 rings (SSSR count). The van der Waals surface area contributed by atoms with Crippen molar-refractivity contribution >= 4 is 23.7 Å². The van der Waals surface area contributed by atoms with E-state index in [-0.39, 0.29) is 0 Å². The van der Waals surface area contributed by atoms with E-state index in [1.54, 1.807) is 18.5 Å². The molecule has 1 aromatic rings. The monoisotopic (exact) mass is 153 g/mol. The average molecular weight is 153 g/mol. The Balaban J connectivity index is 2.80. The topological polar surface area (TPSA) is 30.0 Å². The molecule has 0 aliphatic rings. The van der Waals surface area contributed by atoms with Gasteiger partial charge in [0.25, 0.3) is 0 Å². The van der Waals surface area contributed by atoms with Gasteiger partial charge in [-0.2, -0.15) is 0 Å². The molecule has 52 valence electrons. The van der Waals surface area contributed by atoms with Crippen LogP contribution in [-0.4, -0.2) is 11.3 Å². The van der Waals surface area contributed by atoms with Crippen molar-refractivity contribution < 1.29 is 4.79 Å². The van der Waals surface area contributed by atoms with Gasteiger partial charge in [0.2, 0.25) is 0 Å². The first-order valence-electron chi connectivity index (χ1n) is 2.84. The number of allylic oxidation sites excluding steroid dienone is 1. The van der Waals surface area contributed by atoms with Gasteiger partial charge in [-0.3, -0.25) is 4.79 Å². The lowest BCUT2D eigenvalue weighted by Gasteiger charge is -1.82. The molecule has 1 heterocycles. The fraction of sp³-hybridized carbons (Fsp3) is 0.143. The maximum atomic E-state index is 10.1. The largest absolute Gasteiger partial charge is 0.298 e. The van der Waals surface area contributed by atoms with Gasteiger partial charge in [-0.25, -0.2) is 4.98 Å². The number of hydrogen-bond donors (Lipinski definition) is 0. The van der Waals surface area contributed by atoms with Gasteiger partial charge in [-0.1, -0.05) is 0 Å². The summed E-state index contributed by atoms with van der Waals surface area (Å²) in [4.78, 5) is 14.1. The Labute approximate surface area is 63.2 Å². The number of carbonyl (C=O) groups excluding carboxylic acids is 1. The van der Waals surface area contributed by atoms with E-state index < -0.39 is 0 Å². The highest BCUT2D eigenvalue weighted by Crippen LogP contribution is 2.04. The SMILES string of the molecule is CC(C=O)=Cc1cscn1. The second kappa shape index (κ2) is 3.27. The molecule has 0 aliphatic heterocycles. The van der Waals surface area contributed by atoms with Crippen LogP contribution in [0.3, 0.4) is 0 Å². The van der Waals surface area contributed by atoms with Gasteiger partial charge in [0, 0.05) is 5.38 Å². The van der Waals surface area contributed by atoms with E-state index in [1.165, 1.54) is 11.3 Å². The van der Waals surface area contributed by atoms with Crippen molar-refractivity contribution in [1.82, 2.24) is 4.98 Å². The summed E-state index contributed by atoms with van der Waals surface area (Å²) >= 11 is 1.52. The van der Waals surface area contributed by atoms with Gasteiger partial charge in [-0.15, -0.1) is 11.3 Å². The number of aromatic nitrogens is 1. The van der Waals surface area contributed by atoms with Gasteiger partial charge in [-0.05, 0) is 18.6 Å². The fourth-order valence-corrected chi connectivity index (χ4v) is 1.07. The molecule has 0 saturated heterocycles. The lowest BCUT2D eigenvalue weighted by molar-refractivity contribution is -0.104. The molecular formula is C7H7NOS. The first-order chi connectivity index (χ1) is 4.83. The molecule has 0 aliphatic carbocycles. The molecule has 0 radical (unpaired) electrons. The number of carbonyl (C=O) groups is 1. The van der Waals surface area contributed by atoms with Gasteiger partial charge < -0.3 is 0 Å². The van der Waals surface area contributed by atoms with Crippen LogP contribution in [0.1, 0.15) is 12.6 Å². The van der Waals surface area contributed by atoms with E-state index in [4.69, 9.17) is 0 Å². The summed E-state index contributed by atoms with van der Waals surface area (Å²) < 4.78 is 0. The highest BCUT2D eigenvalue weighted by atomic mass is 32.1. The van der Waals surface area contributed by atoms with Crippen molar-refractivity contribution in [3.8, 4) is 0 Å². The minimum Gasteiger partial charge on any atom is -0.298 e. The Morgan fingerprint density at radius 2 is 2.60 bits per heavy atom. The summed E-state index contributed by atoms with van der Waals surface area (Å²) in [6.45, 7) is 1.76. The molecular weight excluding hydrogens is 146 g/mol. The molecule has 0 spiro atoms. The van der Waals surface area contributed by atoms with Crippen molar-refractivity contribution in [2.75, 3.05) is 0 Å². The predicted molar refractivity (Wildman–Crippen MR) is 41.8 cm³/mol. The third-order valence-electron chi connectivity index (χ3n) is 1.01. The van der Waals surface area contributed by atoms with Crippen molar-refractivity contribution in [3.05, 3.63) is 22.2 Å². The minimum atomic E-state index is 0.700. The summed E-state index contributed by atoms with van der Waals surface area (Å²) in [6, 6.07) is 0. The van der Waals surface area contributed by atoms with Crippen molar-refractivity contribution in [2.24, 2.45) is 0 Å². The molecule has 10 heavy (non-hydrogen) atoms. The summed E-state index contributed by atoms with van der Waals surface area (Å²) in [7, 11) is 0. The van der Waals surface area contributed by atoms with Crippen molar-refractivity contribution in [1.29, 1.82) is 0 Å². The van der Waals surface area contributed by atoms with E-state index in [9.17, 15) is 4.79 Å². The Morgan fingerprint density at radius 3 is 3.10 bits per heavy atom. The van der Waals surface area contributed by atoms with Crippen LogP contribution in [0.15, 0.2) is 16.5 Å². The quantitative estimate of drug-likeness (QED) is 0.478. The average Bonchev–Trinajstić information content (AvgIpc) is 2.40. The first kappa shape index (κ1) is 7.15. The number of hydrogen-bond acceptors (Lipinski definition) is 3. The second-order valence-electron chi connectivity index (χ2n) is 1.92. The van der Waals surface area contributed by atoms with Crippen LogP contribution in [-0.2, 0) is 4.79 Å². The van der Waals surface area contributed by atoms with Gasteiger partial charge in [0.1, 0.15) is 6.29 Å². The summed E-state index contributed by atoms with van der Waals surface area (Å²) in [5.74, 6) is 0. The van der Waals surface area contributed by atoms with Crippen LogP contribution < -0.4 is 0 Å². The molecule has 0 unspecified atom stereocenters. The number of nitrogens with zero attached hydrogens (tertiary/aromatic N) is 1. The standard InChI is InChI=1S/C7H7NOS/c1-6(3-9)2-7-4-10-5-8-7/h2-5H,1H3. The van der Waals surface area contributed by atoms with Gasteiger partial charge in [0.05, 0.1) is 11.2 Å². The summed E-state index contributed by atoms with van der Waals surface area (Å²) in [5, 5.41) is 1.90. The number of aldehydes is 1. The fourth-order valence-electron chi connectivity index (χ4n) is 0.560. The van der Waals surface area contributed by atoms with Crippen LogP contribution in [0.5, 0.6) is 0 Å². The highest BCUT2D eigenvalue weighted by molar-refractivity contribution is 7.07. The van der Waals surface area contributed by atoms with E-state index in [0.29, 0.717) is 5.57 Å². The zero-order valence-electron chi connectivity index (χ0n) is 5.57. The summed E-state index contributed by atoms with van der Waals surface area (Å²) in [5.41, 5.74) is 3.30. The van der Waals surface area contributed by atoms with Crippen LogP contribution in [0, 0.1) is 0 Å². The molecule has 2 nitrogen and oxygen atoms in total. The third kappa shape index (κ3) is 1.77. The lowest BCUT2D eigenvalue weighted by Crippen LogP contribution is -1.76. The molecule has 0 N–H and O–H groups in total. The minimum absolute atomic E-state index is 0.700. The maximum absolute atomic E-state index is 10.1. The predicted octanol–water partition coefficient (Wildman–Crippen LogP) is 1.75. The molecule has 0 fully saturated rings. The molecule has 0 amide bonds.